The van der Waals surface area contributed by atoms with Crippen molar-refractivity contribution in [2.75, 3.05) is 13.2 Å². The van der Waals surface area contributed by atoms with Crippen LogP contribution in [0.1, 0.15) is 303 Å². The molecule has 0 heterocycles. The number of carbonyl (C=O) groups excluding carboxylic acids is 3. The Hall–Kier alpha value is -3.15. The van der Waals surface area contributed by atoms with Crippen molar-refractivity contribution in [3.63, 3.8) is 0 Å². The first-order valence-electron chi connectivity index (χ1n) is 30.4. The van der Waals surface area contributed by atoms with E-state index in [2.05, 4.69) is 93.7 Å². The Bertz CT molecular complexity index is 1320. The topological polar surface area (TPSA) is 78.9 Å². The second-order valence-electron chi connectivity index (χ2n) is 20.2. The molecule has 0 spiro atoms. The number of carbonyl (C=O) groups is 3. The lowest BCUT2D eigenvalue weighted by Crippen LogP contribution is -2.30. The second kappa shape index (κ2) is 59.4. The normalized spacial score (nSPS) is 12.5. The summed E-state index contributed by atoms with van der Waals surface area (Å²) in [5, 5.41) is 0. The molecule has 0 rings (SSSR count). The average molecular weight is 992 g/mol. The minimum Gasteiger partial charge on any atom is -0.462 e. The van der Waals surface area contributed by atoms with Gasteiger partial charge in [-0.3, -0.25) is 14.4 Å². The summed E-state index contributed by atoms with van der Waals surface area (Å²) in [7, 11) is 0. The highest BCUT2D eigenvalue weighted by Gasteiger charge is 2.19. The van der Waals surface area contributed by atoms with Crippen LogP contribution >= 0.6 is 0 Å². The second-order valence-corrected chi connectivity index (χ2v) is 20.2. The molecule has 1 unspecified atom stereocenters. The highest BCUT2D eigenvalue weighted by molar-refractivity contribution is 5.71. The molecule has 0 aliphatic heterocycles. The van der Waals surface area contributed by atoms with Gasteiger partial charge in [-0.25, -0.2) is 0 Å². The standard InChI is InChI=1S/C65H114O6/c1-4-7-10-13-16-19-22-25-28-31-32-35-37-40-43-46-49-52-55-58-64(67)70-61-62(71-65(68)59-56-53-50-47-44-41-38-34-30-27-24-21-18-15-12-9-6-3)60-69-63(66)57-54-51-48-45-42-39-36-33-29-26-23-20-17-14-11-8-5-2/h7,10,16,19,25-30,32,35,62H,4-6,8-9,11-15,17-18,20-24,31,33-34,36-61H2,1-3H3/b10-7-,19-16-,28-25-,29-26-,30-27-,35-32-. The first-order valence-corrected chi connectivity index (χ1v) is 30.4. The summed E-state index contributed by atoms with van der Waals surface area (Å²) >= 11 is 0. The van der Waals surface area contributed by atoms with Crippen molar-refractivity contribution < 1.29 is 28.6 Å². The molecule has 0 amide bonds. The number of esters is 3. The van der Waals surface area contributed by atoms with E-state index >= 15 is 0 Å². The van der Waals surface area contributed by atoms with Crippen LogP contribution in [0.15, 0.2) is 72.9 Å². The molecule has 0 saturated heterocycles. The third kappa shape index (κ3) is 57.6. The Morgan fingerprint density at radius 2 is 0.549 bits per heavy atom. The molecule has 0 fully saturated rings. The molecule has 0 N–H and O–H groups in total. The smallest absolute Gasteiger partial charge is 0.306 e. The van der Waals surface area contributed by atoms with E-state index in [-0.39, 0.29) is 31.1 Å². The summed E-state index contributed by atoms with van der Waals surface area (Å²) in [6.07, 6.45) is 76.0. The van der Waals surface area contributed by atoms with Gasteiger partial charge in [0.2, 0.25) is 0 Å². The maximum Gasteiger partial charge on any atom is 0.306 e. The Morgan fingerprint density at radius 1 is 0.296 bits per heavy atom. The molecule has 1 atom stereocenters. The van der Waals surface area contributed by atoms with Crippen molar-refractivity contribution in [2.24, 2.45) is 0 Å². The molecule has 0 bridgehead atoms. The van der Waals surface area contributed by atoms with Gasteiger partial charge in [0.25, 0.3) is 0 Å². The maximum absolute atomic E-state index is 12.9. The van der Waals surface area contributed by atoms with Crippen molar-refractivity contribution in [1.29, 1.82) is 0 Å². The Morgan fingerprint density at radius 3 is 0.873 bits per heavy atom. The molecule has 0 aliphatic rings. The molecule has 0 saturated carbocycles. The van der Waals surface area contributed by atoms with Crippen LogP contribution in [0.5, 0.6) is 0 Å². The fourth-order valence-electron chi connectivity index (χ4n) is 8.60. The van der Waals surface area contributed by atoms with Crippen molar-refractivity contribution in [3.05, 3.63) is 72.9 Å². The van der Waals surface area contributed by atoms with E-state index < -0.39 is 6.10 Å². The van der Waals surface area contributed by atoms with E-state index in [0.29, 0.717) is 19.3 Å². The fourth-order valence-corrected chi connectivity index (χ4v) is 8.60. The summed E-state index contributed by atoms with van der Waals surface area (Å²) < 4.78 is 16.9. The Kier molecular flexibility index (Phi) is 56.8. The highest BCUT2D eigenvalue weighted by Crippen LogP contribution is 2.15. The Labute approximate surface area is 440 Å². The van der Waals surface area contributed by atoms with E-state index in [0.717, 1.165) is 89.9 Å². The lowest BCUT2D eigenvalue weighted by molar-refractivity contribution is -0.167. The van der Waals surface area contributed by atoms with Gasteiger partial charge in [0.15, 0.2) is 6.10 Å². The van der Waals surface area contributed by atoms with Gasteiger partial charge in [-0.2, -0.15) is 0 Å². The number of ether oxygens (including phenoxy) is 3. The monoisotopic (exact) mass is 991 g/mol. The van der Waals surface area contributed by atoms with E-state index in [9.17, 15) is 14.4 Å². The predicted molar refractivity (Wildman–Crippen MR) is 307 cm³/mol. The minimum absolute atomic E-state index is 0.0829. The quantitative estimate of drug-likeness (QED) is 0.0261. The van der Waals surface area contributed by atoms with Gasteiger partial charge in [0.05, 0.1) is 0 Å². The average Bonchev–Trinajstić information content (AvgIpc) is 3.37. The van der Waals surface area contributed by atoms with Gasteiger partial charge in [-0.15, -0.1) is 0 Å². The maximum atomic E-state index is 12.9. The van der Waals surface area contributed by atoms with Crippen molar-refractivity contribution in [3.8, 4) is 0 Å². The molecule has 71 heavy (non-hydrogen) atoms. The van der Waals surface area contributed by atoms with Crippen LogP contribution in [-0.2, 0) is 28.6 Å². The van der Waals surface area contributed by atoms with Crippen LogP contribution in [0, 0.1) is 0 Å². The molecule has 0 aromatic rings. The van der Waals surface area contributed by atoms with Crippen LogP contribution < -0.4 is 0 Å². The molecular formula is C65H114O6. The van der Waals surface area contributed by atoms with E-state index in [1.54, 1.807) is 0 Å². The number of unbranched alkanes of at least 4 members (excludes halogenated alkanes) is 32. The first kappa shape index (κ1) is 67.8. The van der Waals surface area contributed by atoms with Crippen molar-refractivity contribution in [2.45, 2.75) is 309 Å². The molecule has 0 aromatic carbocycles. The van der Waals surface area contributed by atoms with Crippen molar-refractivity contribution in [1.82, 2.24) is 0 Å². The van der Waals surface area contributed by atoms with Gasteiger partial charge in [-0.1, -0.05) is 248 Å². The summed E-state index contributed by atoms with van der Waals surface area (Å²) in [5.41, 5.74) is 0. The zero-order chi connectivity index (χ0) is 51.4. The molecular weight excluding hydrogens is 877 g/mol. The van der Waals surface area contributed by atoms with Gasteiger partial charge >= 0.3 is 17.9 Å². The summed E-state index contributed by atoms with van der Waals surface area (Å²) in [6.45, 7) is 6.53. The molecule has 6 nitrogen and oxygen atoms in total. The number of rotatable bonds is 55. The summed E-state index contributed by atoms with van der Waals surface area (Å²) in [6, 6.07) is 0. The van der Waals surface area contributed by atoms with Gasteiger partial charge in [0.1, 0.15) is 13.2 Å². The number of hydrogen-bond acceptors (Lipinski definition) is 6. The van der Waals surface area contributed by atoms with Crippen LogP contribution in [0.4, 0.5) is 0 Å². The molecule has 0 aromatic heterocycles. The van der Waals surface area contributed by atoms with Crippen LogP contribution in [-0.4, -0.2) is 37.2 Å². The minimum atomic E-state index is -0.786. The highest BCUT2D eigenvalue weighted by atomic mass is 16.6. The van der Waals surface area contributed by atoms with Crippen LogP contribution in [0.3, 0.4) is 0 Å². The largest absolute Gasteiger partial charge is 0.462 e. The molecule has 6 heteroatoms. The summed E-state index contributed by atoms with van der Waals surface area (Å²) in [4.78, 5) is 38.3. The van der Waals surface area contributed by atoms with Crippen LogP contribution in [0.25, 0.3) is 0 Å². The SMILES string of the molecule is CC/C=C\C/C=C\C/C=C\C/C=C\CCCCCCCCC(=O)OCC(COC(=O)CCCCCCCCC/C=C\CCCCCCCC)OC(=O)CCCCCCCCC/C=C\CCCCCCCC. The lowest BCUT2D eigenvalue weighted by atomic mass is 10.1. The lowest BCUT2D eigenvalue weighted by Gasteiger charge is -2.18. The Balaban J connectivity index is 4.41. The summed E-state index contributed by atoms with van der Waals surface area (Å²) in [5.74, 6) is -0.894. The van der Waals surface area contributed by atoms with E-state index in [1.807, 2.05) is 0 Å². The molecule has 410 valence electrons. The molecule has 0 aliphatic carbocycles. The third-order valence-corrected chi connectivity index (χ3v) is 13.2. The van der Waals surface area contributed by atoms with Crippen molar-refractivity contribution >= 4 is 17.9 Å². The first-order chi connectivity index (χ1) is 35.0. The van der Waals surface area contributed by atoms with Gasteiger partial charge < -0.3 is 14.2 Å². The molecule has 0 radical (unpaired) electrons. The zero-order valence-corrected chi connectivity index (χ0v) is 47.0. The number of hydrogen-bond donors (Lipinski definition) is 0. The fraction of sp³-hybridized carbons (Fsp3) is 0.769. The van der Waals surface area contributed by atoms with Crippen LogP contribution in [0.2, 0.25) is 0 Å². The van der Waals surface area contributed by atoms with E-state index in [1.165, 1.54) is 173 Å². The number of allylic oxidation sites excluding steroid dienone is 12. The predicted octanol–water partition coefficient (Wildman–Crippen LogP) is 20.5. The van der Waals surface area contributed by atoms with Gasteiger partial charge in [-0.05, 0) is 109 Å². The zero-order valence-electron chi connectivity index (χ0n) is 47.0. The third-order valence-electron chi connectivity index (χ3n) is 13.2. The van der Waals surface area contributed by atoms with Gasteiger partial charge in [0, 0.05) is 19.3 Å². The van der Waals surface area contributed by atoms with E-state index in [4.69, 9.17) is 14.2 Å².